The lowest BCUT2D eigenvalue weighted by atomic mass is 10.0. The molecule has 2 saturated heterocycles. The molecule has 4 rings (SSSR count). The van der Waals surface area contributed by atoms with Crippen LogP contribution in [0.5, 0.6) is 0 Å². The Morgan fingerprint density at radius 1 is 1.23 bits per heavy atom. The van der Waals surface area contributed by atoms with E-state index in [4.69, 9.17) is 10.3 Å². The highest BCUT2D eigenvalue weighted by Crippen LogP contribution is 2.43. The van der Waals surface area contributed by atoms with Crippen LogP contribution in [0.2, 0.25) is 0 Å². The molecule has 166 valence electrons. The van der Waals surface area contributed by atoms with E-state index in [0.717, 1.165) is 22.6 Å². The molecule has 0 bridgehead atoms. The summed E-state index contributed by atoms with van der Waals surface area (Å²) < 4.78 is 60.4. The van der Waals surface area contributed by atoms with Gasteiger partial charge in [-0.25, -0.2) is 17.6 Å². The largest absolute Gasteiger partial charge is 0.337 e. The molecule has 0 aromatic carbocycles. The third-order valence-corrected chi connectivity index (χ3v) is 5.65. The molecule has 1 saturated carbocycles. The van der Waals surface area contributed by atoms with E-state index in [1.165, 1.54) is 0 Å². The van der Waals surface area contributed by atoms with Gasteiger partial charge in [0.25, 0.3) is 11.8 Å². The van der Waals surface area contributed by atoms with E-state index in [-0.39, 0.29) is 31.2 Å². The van der Waals surface area contributed by atoms with E-state index < -0.39 is 61.7 Å². The number of carbonyl (C=O) groups excluding carboxylic acids is 2. The monoisotopic (exact) mass is 433 g/mol. The highest BCUT2D eigenvalue weighted by Gasteiger charge is 2.50. The number of aromatic nitrogens is 2. The van der Waals surface area contributed by atoms with Crippen molar-refractivity contribution in [2.45, 2.75) is 68.4 Å². The maximum absolute atomic E-state index is 14.1. The second-order valence-corrected chi connectivity index (χ2v) is 8.46. The van der Waals surface area contributed by atoms with Crippen LogP contribution < -0.4 is 5.73 Å². The van der Waals surface area contributed by atoms with E-state index >= 15 is 0 Å². The first kappa shape index (κ1) is 21.0. The topological polar surface area (TPSA) is 106 Å². The average Bonchev–Trinajstić information content (AvgIpc) is 3.27. The van der Waals surface area contributed by atoms with E-state index in [1.54, 1.807) is 0 Å². The number of halogens is 4. The molecular formula is C18H23F4N5O3. The van der Waals surface area contributed by atoms with Crippen LogP contribution in [-0.2, 0) is 9.59 Å². The molecule has 0 radical (unpaired) electrons. The molecule has 3 aliphatic rings. The Hall–Kier alpha value is -2.24. The lowest BCUT2D eigenvalue weighted by Crippen LogP contribution is -2.51. The molecule has 0 spiro atoms. The summed E-state index contributed by atoms with van der Waals surface area (Å²) in [5.74, 6) is -6.68. The lowest BCUT2D eigenvalue weighted by molar-refractivity contribution is -0.148. The van der Waals surface area contributed by atoms with Gasteiger partial charge >= 0.3 is 0 Å². The number of rotatable bonds is 6. The van der Waals surface area contributed by atoms with Crippen LogP contribution in [0.3, 0.4) is 0 Å². The van der Waals surface area contributed by atoms with E-state index in [1.807, 2.05) is 0 Å². The predicted octanol–water partition coefficient (Wildman–Crippen LogP) is 1.83. The van der Waals surface area contributed by atoms with Crippen LogP contribution in [0.4, 0.5) is 17.6 Å². The molecule has 8 nitrogen and oxygen atoms in total. The summed E-state index contributed by atoms with van der Waals surface area (Å²) in [5.41, 5.74) is 5.90. The van der Waals surface area contributed by atoms with Gasteiger partial charge < -0.3 is 20.1 Å². The van der Waals surface area contributed by atoms with Crippen molar-refractivity contribution in [3.63, 3.8) is 0 Å². The Balaban J connectivity index is 1.40. The van der Waals surface area contributed by atoms with Gasteiger partial charge in [-0.05, 0) is 12.8 Å². The third-order valence-electron chi connectivity index (χ3n) is 5.65. The van der Waals surface area contributed by atoms with Crippen LogP contribution in [0, 0.1) is 0 Å². The first-order chi connectivity index (χ1) is 14.0. The van der Waals surface area contributed by atoms with Crippen molar-refractivity contribution in [2.75, 3.05) is 19.6 Å². The number of hydrogen-bond acceptors (Lipinski definition) is 6. The van der Waals surface area contributed by atoms with Gasteiger partial charge in [0, 0.05) is 44.2 Å². The summed E-state index contributed by atoms with van der Waals surface area (Å²) >= 11 is 0. The quantitative estimate of drug-likeness (QED) is 0.687. The van der Waals surface area contributed by atoms with Crippen LogP contribution >= 0.6 is 0 Å². The van der Waals surface area contributed by atoms with Gasteiger partial charge in [0.1, 0.15) is 6.04 Å². The summed E-state index contributed by atoms with van der Waals surface area (Å²) in [7, 11) is 0. The molecule has 1 aromatic rings. The van der Waals surface area contributed by atoms with Gasteiger partial charge in [-0.1, -0.05) is 5.16 Å². The van der Waals surface area contributed by atoms with Crippen molar-refractivity contribution in [3.05, 3.63) is 11.7 Å². The number of alkyl halides is 4. The van der Waals surface area contributed by atoms with Gasteiger partial charge in [0.15, 0.2) is 5.82 Å². The summed E-state index contributed by atoms with van der Waals surface area (Å²) in [6, 6.07) is -2.03. The summed E-state index contributed by atoms with van der Waals surface area (Å²) in [6.45, 7) is -1.82. The fourth-order valence-electron chi connectivity index (χ4n) is 3.94. The van der Waals surface area contributed by atoms with Crippen LogP contribution in [0.1, 0.15) is 62.2 Å². The van der Waals surface area contributed by atoms with Gasteiger partial charge in [0.05, 0.1) is 13.1 Å². The molecule has 12 heteroatoms. The standard InChI is InChI=1S/C18H23F4N5O3/c19-17(20)4-3-13(28)26(8-17)7-11(23)5-14(29)27-9-18(21,22)6-12(27)16-24-15(25-30-16)10-1-2-10/h10-12H,1-9,23H2. The number of hydrogen-bond donors (Lipinski definition) is 1. The maximum Gasteiger partial charge on any atom is 0.267 e. The molecule has 2 N–H and O–H groups in total. The number of piperidine rings is 1. The number of amides is 2. The minimum atomic E-state index is -3.12. The SMILES string of the molecule is NC(CC(=O)N1CC(F)(F)CC1c1nc(C2CC2)no1)CN1CC(F)(F)CCC1=O. The number of nitrogens with two attached hydrogens (primary N) is 1. The van der Waals surface area contributed by atoms with Crippen molar-refractivity contribution in [2.24, 2.45) is 5.73 Å². The fraction of sp³-hybridized carbons (Fsp3) is 0.778. The maximum atomic E-state index is 14.1. The first-order valence-corrected chi connectivity index (χ1v) is 9.95. The second-order valence-electron chi connectivity index (χ2n) is 8.46. The molecule has 1 aromatic heterocycles. The minimum Gasteiger partial charge on any atom is -0.337 e. The van der Waals surface area contributed by atoms with Crippen LogP contribution in [0.25, 0.3) is 0 Å². The molecule has 2 amide bonds. The second kappa shape index (κ2) is 7.47. The molecule has 30 heavy (non-hydrogen) atoms. The Bertz CT molecular complexity index is 828. The van der Waals surface area contributed by atoms with Crippen molar-refractivity contribution in [1.82, 2.24) is 19.9 Å². The zero-order valence-corrected chi connectivity index (χ0v) is 16.2. The van der Waals surface area contributed by atoms with Gasteiger partial charge in [-0.2, -0.15) is 4.98 Å². The third kappa shape index (κ3) is 4.57. The Morgan fingerprint density at radius 2 is 1.97 bits per heavy atom. The summed E-state index contributed by atoms with van der Waals surface area (Å²) in [4.78, 5) is 30.6. The predicted molar refractivity (Wildman–Crippen MR) is 93.6 cm³/mol. The number of nitrogens with zero attached hydrogens (tertiary/aromatic N) is 4. The smallest absolute Gasteiger partial charge is 0.267 e. The molecule has 2 atom stereocenters. The minimum absolute atomic E-state index is 0.0400. The molecule has 3 heterocycles. The van der Waals surface area contributed by atoms with E-state index in [9.17, 15) is 27.2 Å². The van der Waals surface area contributed by atoms with Crippen molar-refractivity contribution < 1.29 is 31.7 Å². The van der Waals surface area contributed by atoms with E-state index in [2.05, 4.69) is 10.1 Å². The first-order valence-electron chi connectivity index (χ1n) is 9.95. The Labute approximate surface area is 169 Å². The molecule has 2 unspecified atom stereocenters. The molecule has 1 aliphatic carbocycles. The zero-order chi connectivity index (χ0) is 21.7. The summed E-state index contributed by atoms with van der Waals surface area (Å²) in [5, 5.41) is 3.82. The van der Waals surface area contributed by atoms with Crippen LogP contribution in [0.15, 0.2) is 4.52 Å². The zero-order valence-electron chi connectivity index (χ0n) is 16.2. The van der Waals surface area contributed by atoms with Gasteiger partial charge in [0.2, 0.25) is 17.7 Å². The Kier molecular flexibility index (Phi) is 5.23. The lowest BCUT2D eigenvalue weighted by Gasteiger charge is -2.34. The summed E-state index contributed by atoms with van der Waals surface area (Å²) in [6.07, 6.45) is -0.0115. The van der Waals surface area contributed by atoms with Crippen molar-refractivity contribution in [1.29, 1.82) is 0 Å². The normalized spacial score (nSPS) is 26.8. The van der Waals surface area contributed by atoms with Gasteiger partial charge in [-0.15, -0.1) is 0 Å². The van der Waals surface area contributed by atoms with Crippen molar-refractivity contribution in [3.8, 4) is 0 Å². The fourth-order valence-corrected chi connectivity index (χ4v) is 3.94. The molecular weight excluding hydrogens is 410 g/mol. The molecule has 2 aliphatic heterocycles. The molecule has 3 fully saturated rings. The highest BCUT2D eigenvalue weighted by atomic mass is 19.3. The number of likely N-dealkylation sites (tertiary alicyclic amines) is 2. The van der Waals surface area contributed by atoms with Crippen LogP contribution in [-0.4, -0.2) is 69.3 Å². The number of carbonyl (C=O) groups is 2. The average molecular weight is 433 g/mol. The highest BCUT2D eigenvalue weighted by molar-refractivity contribution is 5.79. The van der Waals surface area contributed by atoms with Gasteiger partial charge in [-0.3, -0.25) is 9.59 Å². The Morgan fingerprint density at radius 3 is 2.67 bits per heavy atom. The van der Waals surface area contributed by atoms with Crippen molar-refractivity contribution >= 4 is 11.8 Å². The van der Waals surface area contributed by atoms with E-state index in [0.29, 0.717) is 5.82 Å².